The number of carbonyl (C=O) groups excluding carboxylic acids is 1. The fourth-order valence-electron chi connectivity index (χ4n) is 4.02. The number of benzene rings is 1. The minimum absolute atomic E-state index is 0.0105. The predicted octanol–water partition coefficient (Wildman–Crippen LogP) is 1.25. The molecule has 11 heteroatoms. The summed E-state index contributed by atoms with van der Waals surface area (Å²) >= 11 is 0. The lowest BCUT2D eigenvalue weighted by atomic mass is 10.2. The standard InChI is InChI=1S/C19H28FN3O5S2/c1-2-15-29(25,26)23-12-3-5-18(23)19(24)21-10-4-11-22(14-13-21)30(27,28)17-8-6-16(20)7-9-17/h6-9,18H,2-5,10-15H2,1H3. The van der Waals surface area contributed by atoms with Gasteiger partial charge in [-0.15, -0.1) is 0 Å². The van der Waals surface area contributed by atoms with Gasteiger partial charge in [-0.1, -0.05) is 6.92 Å². The maximum absolute atomic E-state index is 13.1. The molecule has 2 heterocycles. The summed E-state index contributed by atoms with van der Waals surface area (Å²) in [6, 6.07) is 3.96. The van der Waals surface area contributed by atoms with Crippen molar-refractivity contribution in [2.75, 3.05) is 38.5 Å². The van der Waals surface area contributed by atoms with Crippen LogP contribution in [0, 0.1) is 5.82 Å². The summed E-state index contributed by atoms with van der Waals surface area (Å²) in [7, 11) is -7.27. The highest BCUT2D eigenvalue weighted by molar-refractivity contribution is 7.89. The largest absolute Gasteiger partial charge is 0.340 e. The molecule has 0 aliphatic carbocycles. The Bertz CT molecular complexity index is 966. The molecule has 1 aromatic carbocycles. The summed E-state index contributed by atoms with van der Waals surface area (Å²) in [5.74, 6) is -0.755. The molecule has 0 saturated carbocycles. The van der Waals surface area contributed by atoms with Gasteiger partial charge in [0.1, 0.15) is 11.9 Å². The first-order valence-corrected chi connectivity index (χ1v) is 13.3. The third kappa shape index (κ3) is 4.84. The number of rotatable bonds is 6. The molecule has 30 heavy (non-hydrogen) atoms. The zero-order valence-corrected chi connectivity index (χ0v) is 18.7. The Hall–Kier alpha value is -1.56. The van der Waals surface area contributed by atoms with Crippen LogP contribution < -0.4 is 0 Å². The summed E-state index contributed by atoms with van der Waals surface area (Å²) in [6.45, 7) is 3.04. The van der Waals surface area contributed by atoms with Gasteiger partial charge in [-0.05, 0) is 49.9 Å². The number of nitrogens with zero attached hydrogens (tertiary/aromatic N) is 3. The van der Waals surface area contributed by atoms with Crippen LogP contribution in [0.2, 0.25) is 0 Å². The monoisotopic (exact) mass is 461 g/mol. The Balaban J connectivity index is 1.70. The van der Waals surface area contributed by atoms with E-state index in [1.807, 2.05) is 0 Å². The Kier molecular flexibility index (Phi) is 7.16. The summed E-state index contributed by atoms with van der Waals surface area (Å²) in [5.41, 5.74) is 0. The van der Waals surface area contributed by atoms with Gasteiger partial charge in [0.05, 0.1) is 10.6 Å². The summed E-state index contributed by atoms with van der Waals surface area (Å²) in [5, 5.41) is 0. The second-order valence-corrected chi connectivity index (χ2v) is 11.6. The minimum Gasteiger partial charge on any atom is -0.340 e. The summed E-state index contributed by atoms with van der Waals surface area (Å²) < 4.78 is 66.5. The number of hydrogen-bond acceptors (Lipinski definition) is 5. The van der Waals surface area contributed by atoms with Crippen molar-refractivity contribution >= 4 is 26.0 Å². The van der Waals surface area contributed by atoms with Crippen molar-refractivity contribution in [2.24, 2.45) is 0 Å². The van der Waals surface area contributed by atoms with Gasteiger partial charge >= 0.3 is 0 Å². The van der Waals surface area contributed by atoms with Crippen molar-refractivity contribution in [1.29, 1.82) is 0 Å². The molecule has 1 unspecified atom stereocenters. The summed E-state index contributed by atoms with van der Waals surface area (Å²) in [4.78, 5) is 14.7. The summed E-state index contributed by atoms with van der Waals surface area (Å²) in [6.07, 6.45) is 2.05. The molecule has 0 radical (unpaired) electrons. The van der Waals surface area contributed by atoms with Crippen molar-refractivity contribution in [2.45, 2.75) is 43.5 Å². The lowest BCUT2D eigenvalue weighted by Crippen LogP contribution is -2.49. The lowest BCUT2D eigenvalue weighted by Gasteiger charge is -2.29. The van der Waals surface area contributed by atoms with Gasteiger partial charge < -0.3 is 4.90 Å². The number of carbonyl (C=O) groups is 1. The smallest absolute Gasteiger partial charge is 0.243 e. The quantitative estimate of drug-likeness (QED) is 0.636. The third-order valence-corrected chi connectivity index (χ3v) is 9.51. The lowest BCUT2D eigenvalue weighted by molar-refractivity contribution is -0.134. The molecule has 168 valence electrons. The van der Waals surface area contributed by atoms with Gasteiger partial charge in [0.25, 0.3) is 0 Å². The SMILES string of the molecule is CCCS(=O)(=O)N1CCCC1C(=O)N1CCCN(S(=O)(=O)c2ccc(F)cc2)CC1. The first-order valence-electron chi connectivity index (χ1n) is 10.2. The Morgan fingerprint density at radius 1 is 1.00 bits per heavy atom. The van der Waals surface area contributed by atoms with E-state index in [4.69, 9.17) is 0 Å². The highest BCUT2D eigenvalue weighted by atomic mass is 32.2. The first-order chi connectivity index (χ1) is 14.2. The highest BCUT2D eigenvalue weighted by Crippen LogP contribution is 2.25. The Labute approximate surface area is 177 Å². The molecule has 0 spiro atoms. The number of halogens is 1. The van der Waals surface area contributed by atoms with E-state index in [0.717, 1.165) is 12.1 Å². The molecular formula is C19H28FN3O5S2. The van der Waals surface area contributed by atoms with Crippen molar-refractivity contribution in [3.63, 3.8) is 0 Å². The molecule has 2 aliphatic heterocycles. The van der Waals surface area contributed by atoms with E-state index in [1.165, 1.54) is 20.7 Å². The van der Waals surface area contributed by atoms with Crippen LogP contribution in [0.5, 0.6) is 0 Å². The zero-order valence-electron chi connectivity index (χ0n) is 17.0. The van der Waals surface area contributed by atoms with E-state index in [-0.39, 0.29) is 36.2 Å². The predicted molar refractivity (Wildman–Crippen MR) is 110 cm³/mol. The second kappa shape index (κ2) is 9.29. The van der Waals surface area contributed by atoms with E-state index in [2.05, 4.69) is 0 Å². The molecule has 0 aromatic heterocycles. The molecule has 1 atom stereocenters. The van der Waals surface area contributed by atoms with Crippen LogP contribution in [-0.4, -0.2) is 80.8 Å². The van der Waals surface area contributed by atoms with Crippen molar-refractivity contribution < 1.29 is 26.0 Å². The first kappa shape index (κ1) is 23.1. The van der Waals surface area contributed by atoms with Crippen molar-refractivity contribution in [1.82, 2.24) is 13.5 Å². The Morgan fingerprint density at radius 2 is 1.70 bits per heavy atom. The molecule has 2 saturated heterocycles. The van der Waals surface area contributed by atoms with Gasteiger partial charge in [0, 0.05) is 32.7 Å². The van der Waals surface area contributed by atoms with Gasteiger partial charge in [-0.2, -0.15) is 8.61 Å². The van der Waals surface area contributed by atoms with E-state index in [9.17, 15) is 26.0 Å². The molecule has 2 fully saturated rings. The van der Waals surface area contributed by atoms with Crippen LogP contribution in [-0.2, 0) is 24.8 Å². The second-order valence-electron chi connectivity index (χ2n) is 7.62. The molecule has 0 bridgehead atoms. The number of amides is 1. The third-order valence-electron chi connectivity index (χ3n) is 5.53. The van der Waals surface area contributed by atoms with E-state index in [1.54, 1.807) is 11.8 Å². The van der Waals surface area contributed by atoms with Gasteiger partial charge in [0.15, 0.2) is 0 Å². The fraction of sp³-hybridized carbons (Fsp3) is 0.632. The maximum atomic E-state index is 13.1. The van der Waals surface area contributed by atoms with Crippen LogP contribution in [0.15, 0.2) is 29.2 Å². The van der Waals surface area contributed by atoms with Crippen molar-refractivity contribution in [3.05, 3.63) is 30.1 Å². The molecule has 1 amide bonds. The van der Waals surface area contributed by atoms with Crippen molar-refractivity contribution in [3.8, 4) is 0 Å². The van der Waals surface area contributed by atoms with Gasteiger partial charge in [-0.25, -0.2) is 21.2 Å². The molecule has 0 N–H and O–H groups in total. The van der Waals surface area contributed by atoms with E-state index >= 15 is 0 Å². The number of hydrogen-bond donors (Lipinski definition) is 0. The van der Waals surface area contributed by atoms with Gasteiger partial charge in [-0.3, -0.25) is 4.79 Å². The zero-order chi connectivity index (χ0) is 21.9. The molecule has 8 nitrogen and oxygen atoms in total. The topological polar surface area (TPSA) is 95.1 Å². The Morgan fingerprint density at radius 3 is 2.37 bits per heavy atom. The van der Waals surface area contributed by atoms with Crippen LogP contribution in [0.1, 0.15) is 32.6 Å². The normalized spacial score (nSPS) is 22.2. The molecule has 3 rings (SSSR count). The van der Waals surface area contributed by atoms with Crippen LogP contribution >= 0.6 is 0 Å². The molecule has 1 aromatic rings. The minimum atomic E-state index is -3.79. The van der Waals surface area contributed by atoms with E-state index in [0.29, 0.717) is 38.8 Å². The van der Waals surface area contributed by atoms with E-state index < -0.39 is 31.9 Å². The number of sulfonamides is 2. The fourth-order valence-corrected chi connectivity index (χ4v) is 7.23. The average Bonchev–Trinajstić information content (AvgIpc) is 3.06. The van der Waals surface area contributed by atoms with Crippen LogP contribution in [0.3, 0.4) is 0 Å². The van der Waals surface area contributed by atoms with Crippen LogP contribution in [0.25, 0.3) is 0 Å². The van der Waals surface area contributed by atoms with Gasteiger partial charge in [0.2, 0.25) is 26.0 Å². The molecule has 2 aliphatic rings. The maximum Gasteiger partial charge on any atom is 0.243 e. The highest BCUT2D eigenvalue weighted by Gasteiger charge is 2.40. The molecular weight excluding hydrogens is 433 g/mol. The average molecular weight is 462 g/mol. The van der Waals surface area contributed by atoms with Crippen LogP contribution in [0.4, 0.5) is 4.39 Å².